The molecule has 0 aliphatic heterocycles. The van der Waals surface area contributed by atoms with E-state index in [4.69, 9.17) is 9.40 Å². The lowest BCUT2D eigenvalue weighted by molar-refractivity contribution is 0.557. The van der Waals surface area contributed by atoms with E-state index in [0.717, 1.165) is 16.8 Å². The number of hydrogen-bond donors (Lipinski definition) is 0. The highest BCUT2D eigenvalue weighted by molar-refractivity contribution is 7.17. The second kappa shape index (κ2) is 8.46. The zero-order valence-corrected chi connectivity index (χ0v) is 16.4. The highest BCUT2D eigenvalue weighted by Gasteiger charge is 2.16. The first-order chi connectivity index (χ1) is 14.2. The molecule has 2 aromatic heterocycles. The number of hydrogen-bond acceptors (Lipinski definition) is 6. The Kier molecular flexibility index (Phi) is 5.41. The van der Waals surface area contributed by atoms with E-state index in [1.54, 1.807) is 24.5 Å². The van der Waals surface area contributed by atoms with Crippen LogP contribution >= 0.6 is 11.3 Å². The Hall–Kier alpha value is -3.82. The van der Waals surface area contributed by atoms with Crippen LogP contribution in [0.15, 0.2) is 87.6 Å². The van der Waals surface area contributed by atoms with Crippen molar-refractivity contribution in [1.82, 2.24) is 4.98 Å². The summed E-state index contributed by atoms with van der Waals surface area (Å²) >= 11 is 1.33. The van der Waals surface area contributed by atoms with Gasteiger partial charge in [-0.25, -0.2) is 4.98 Å². The average molecular weight is 396 g/mol. The van der Waals surface area contributed by atoms with Crippen molar-refractivity contribution in [1.29, 1.82) is 5.26 Å². The van der Waals surface area contributed by atoms with Crippen LogP contribution in [-0.2, 0) is 0 Å². The molecule has 0 spiro atoms. The Morgan fingerprint density at radius 3 is 2.52 bits per heavy atom. The third kappa shape index (κ3) is 4.37. The quantitative estimate of drug-likeness (QED) is 0.264. The number of furan rings is 1. The molecule has 0 saturated carbocycles. The first-order valence-electron chi connectivity index (χ1n) is 8.93. The molecule has 0 aliphatic rings. The van der Waals surface area contributed by atoms with Gasteiger partial charge in [0.05, 0.1) is 17.5 Å². The molecule has 0 amide bonds. The fourth-order valence-electron chi connectivity index (χ4n) is 2.65. The van der Waals surface area contributed by atoms with Crippen LogP contribution in [0.25, 0.3) is 22.9 Å². The molecule has 0 atom stereocenters. The van der Waals surface area contributed by atoms with Crippen molar-refractivity contribution in [2.24, 2.45) is 10.2 Å². The van der Waals surface area contributed by atoms with Gasteiger partial charge in [0, 0.05) is 11.6 Å². The number of aryl methyl sites for hydroxylation is 1. The number of aromatic nitrogens is 1. The summed E-state index contributed by atoms with van der Waals surface area (Å²) in [5, 5.41) is 19.6. The van der Waals surface area contributed by atoms with Crippen LogP contribution < -0.4 is 0 Å². The highest BCUT2D eigenvalue weighted by atomic mass is 32.1. The number of nitriles is 1. The van der Waals surface area contributed by atoms with E-state index in [0.29, 0.717) is 27.0 Å². The Balaban J connectivity index is 1.77. The maximum Gasteiger partial charge on any atom is 0.167 e. The van der Waals surface area contributed by atoms with Crippen molar-refractivity contribution in [2.45, 2.75) is 6.92 Å². The summed E-state index contributed by atoms with van der Waals surface area (Å²) in [7, 11) is 0. The summed E-state index contributed by atoms with van der Waals surface area (Å²) in [5.41, 5.74) is 3.95. The van der Waals surface area contributed by atoms with E-state index in [2.05, 4.69) is 16.3 Å². The van der Waals surface area contributed by atoms with Crippen LogP contribution in [0.2, 0.25) is 0 Å². The van der Waals surface area contributed by atoms with Crippen LogP contribution in [0.1, 0.15) is 16.3 Å². The van der Waals surface area contributed by atoms with E-state index in [1.165, 1.54) is 11.3 Å². The number of nitrogens with zero attached hydrogens (tertiary/aromatic N) is 4. The predicted octanol–water partition coefficient (Wildman–Crippen LogP) is 7.19. The van der Waals surface area contributed by atoms with Gasteiger partial charge in [-0.2, -0.15) is 5.26 Å². The Labute approximate surface area is 172 Å². The number of thiazole rings is 1. The smallest absolute Gasteiger partial charge is 0.167 e. The van der Waals surface area contributed by atoms with Crippen LogP contribution in [0.3, 0.4) is 0 Å². The third-order valence-corrected chi connectivity index (χ3v) is 5.10. The summed E-state index contributed by atoms with van der Waals surface area (Å²) < 4.78 is 5.33. The summed E-state index contributed by atoms with van der Waals surface area (Å²) in [6.07, 6.45) is 3.24. The molecule has 2 heterocycles. The van der Waals surface area contributed by atoms with Crippen LogP contribution in [0.5, 0.6) is 0 Å². The monoisotopic (exact) mass is 396 g/mol. The fraction of sp³-hybridized carbons (Fsp3) is 0.0435. The van der Waals surface area contributed by atoms with E-state index in [-0.39, 0.29) is 0 Å². The molecule has 0 aliphatic carbocycles. The fourth-order valence-corrected chi connectivity index (χ4v) is 3.53. The lowest BCUT2D eigenvalue weighted by atomic mass is 10.1. The normalized spacial score (nSPS) is 11.7. The predicted molar refractivity (Wildman–Crippen MR) is 115 cm³/mol. The molecule has 0 bridgehead atoms. The molecular weight excluding hydrogens is 380 g/mol. The van der Waals surface area contributed by atoms with Gasteiger partial charge >= 0.3 is 0 Å². The maximum atomic E-state index is 9.64. The Morgan fingerprint density at radius 1 is 1.03 bits per heavy atom. The molecule has 140 valence electrons. The molecule has 4 rings (SSSR count). The summed E-state index contributed by atoms with van der Waals surface area (Å²) in [6, 6.07) is 23.4. The summed E-state index contributed by atoms with van der Waals surface area (Å²) in [6.45, 7) is 2.03. The molecule has 29 heavy (non-hydrogen) atoms. The minimum absolute atomic E-state index is 0.416. The van der Waals surface area contributed by atoms with E-state index in [1.807, 2.05) is 61.5 Å². The van der Waals surface area contributed by atoms with Crippen molar-refractivity contribution in [3.8, 4) is 17.3 Å². The van der Waals surface area contributed by atoms with Gasteiger partial charge in [0.2, 0.25) is 0 Å². The summed E-state index contributed by atoms with van der Waals surface area (Å²) in [5.74, 6) is 0.598. The zero-order valence-electron chi connectivity index (χ0n) is 15.6. The van der Waals surface area contributed by atoms with Gasteiger partial charge in [-0.05, 0) is 31.2 Å². The third-order valence-electron chi connectivity index (χ3n) is 4.13. The van der Waals surface area contributed by atoms with Gasteiger partial charge in [-0.1, -0.05) is 59.4 Å². The summed E-state index contributed by atoms with van der Waals surface area (Å²) in [4.78, 5) is 4.69. The van der Waals surface area contributed by atoms with Gasteiger partial charge in [0.15, 0.2) is 5.00 Å². The van der Waals surface area contributed by atoms with Crippen molar-refractivity contribution in [2.75, 3.05) is 0 Å². The van der Waals surface area contributed by atoms with E-state index >= 15 is 0 Å². The largest absolute Gasteiger partial charge is 0.465 e. The number of rotatable bonds is 5. The number of azo groups is 1. The van der Waals surface area contributed by atoms with Gasteiger partial charge in [-0.3, -0.25) is 0 Å². The lowest BCUT2D eigenvalue weighted by Crippen LogP contribution is -1.82. The molecule has 0 unspecified atom stereocenters. The molecule has 6 heteroatoms. The number of benzene rings is 2. The van der Waals surface area contributed by atoms with Crippen molar-refractivity contribution in [3.05, 3.63) is 89.3 Å². The van der Waals surface area contributed by atoms with Crippen LogP contribution in [0.4, 0.5) is 10.7 Å². The van der Waals surface area contributed by atoms with Crippen molar-refractivity contribution in [3.63, 3.8) is 0 Å². The Bertz CT molecular complexity index is 1200. The lowest BCUT2D eigenvalue weighted by Gasteiger charge is -1.97. The van der Waals surface area contributed by atoms with Gasteiger partial charge < -0.3 is 4.42 Å². The van der Waals surface area contributed by atoms with Crippen LogP contribution in [0, 0.1) is 18.3 Å². The molecule has 5 nitrogen and oxygen atoms in total. The van der Waals surface area contributed by atoms with E-state index < -0.39 is 0 Å². The minimum atomic E-state index is 0.416. The second-order valence-electron chi connectivity index (χ2n) is 6.26. The zero-order chi connectivity index (χ0) is 20.1. The van der Waals surface area contributed by atoms with E-state index in [9.17, 15) is 5.26 Å². The second-order valence-corrected chi connectivity index (χ2v) is 7.24. The highest BCUT2D eigenvalue weighted by Crippen LogP contribution is 2.39. The van der Waals surface area contributed by atoms with Crippen LogP contribution in [-0.4, -0.2) is 4.98 Å². The maximum absolute atomic E-state index is 9.64. The molecule has 0 fully saturated rings. The van der Waals surface area contributed by atoms with Gasteiger partial charge in [0.25, 0.3) is 0 Å². The molecule has 0 saturated heterocycles. The van der Waals surface area contributed by atoms with Gasteiger partial charge in [-0.15, -0.1) is 10.2 Å². The molecule has 0 N–H and O–H groups in total. The minimum Gasteiger partial charge on any atom is -0.465 e. The Morgan fingerprint density at radius 2 is 1.83 bits per heavy atom. The molecule has 0 radical (unpaired) electrons. The standard InChI is InChI=1S/C23H16N4OS/c1-16-9-11-19(12-10-16)26-27-23-21(17-6-3-2-4-7-17)25-22(29-23)18(15-24)14-20-8-5-13-28-20/h2-14H,1H3/b18-14-,27-26?. The van der Waals surface area contributed by atoms with Crippen molar-refractivity contribution < 1.29 is 4.42 Å². The molecule has 4 aromatic rings. The first-order valence-corrected chi connectivity index (χ1v) is 9.75. The first kappa shape index (κ1) is 18.5. The topological polar surface area (TPSA) is 74.5 Å². The molecule has 2 aromatic carbocycles. The number of allylic oxidation sites excluding steroid dienone is 1. The average Bonchev–Trinajstić information content (AvgIpc) is 3.42. The van der Waals surface area contributed by atoms with Crippen molar-refractivity contribution >= 4 is 33.7 Å². The molecular formula is C23H16N4OS. The van der Waals surface area contributed by atoms with Gasteiger partial charge in [0.1, 0.15) is 22.5 Å². The SMILES string of the molecule is Cc1ccc(N=Nc2sc(/C(C#N)=C\c3ccco3)nc2-c2ccccc2)cc1.